The van der Waals surface area contributed by atoms with Crippen LogP contribution in [0.1, 0.15) is 5.56 Å². The van der Waals surface area contributed by atoms with Crippen molar-refractivity contribution in [2.24, 2.45) is 5.84 Å². The zero-order valence-corrected chi connectivity index (χ0v) is 8.74. The molecule has 2 aromatic rings. The molecule has 0 radical (unpaired) electrons. The second-order valence-corrected chi connectivity index (χ2v) is 3.37. The minimum Gasteiger partial charge on any atom is -0.308 e. The number of nitrogens with two attached hydrogens (primary N) is 1. The Morgan fingerprint density at radius 1 is 1.31 bits per heavy atom. The first-order valence-electron chi connectivity index (χ1n) is 4.77. The van der Waals surface area contributed by atoms with Gasteiger partial charge in [0.1, 0.15) is 11.6 Å². The minimum atomic E-state index is -0.239. The molecule has 0 spiro atoms. The first-order chi connectivity index (χ1) is 7.70. The third-order valence-electron chi connectivity index (χ3n) is 2.22. The highest BCUT2D eigenvalue weighted by Gasteiger charge is 2.04. The molecule has 0 aliphatic heterocycles. The maximum absolute atomic E-state index is 13.1. The highest BCUT2D eigenvalue weighted by Crippen LogP contribution is 2.18. The van der Waals surface area contributed by atoms with Crippen molar-refractivity contribution in [3.63, 3.8) is 0 Å². The Morgan fingerprint density at radius 3 is 2.81 bits per heavy atom. The van der Waals surface area contributed by atoms with E-state index in [2.05, 4.69) is 15.4 Å². The average Bonchev–Trinajstić information content (AvgIpc) is 2.33. The standard InChI is InChI=1S/C11H11FN4/c1-7-6-8(2-3-9(7)12)11-14-5-4-10(15-11)16-13/h2-6H,13H2,1H3,(H,14,15,16). The molecule has 0 fully saturated rings. The Morgan fingerprint density at radius 2 is 2.12 bits per heavy atom. The van der Waals surface area contributed by atoms with Gasteiger partial charge in [-0.25, -0.2) is 20.2 Å². The Bertz CT molecular complexity index is 513. The number of hydrogen-bond acceptors (Lipinski definition) is 4. The van der Waals surface area contributed by atoms with Crippen LogP contribution >= 0.6 is 0 Å². The summed E-state index contributed by atoms with van der Waals surface area (Å²) < 4.78 is 13.1. The quantitative estimate of drug-likeness (QED) is 0.596. The molecule has 1 aromatic heterocycles. The number of anilines is 1. The number of benzene rings is 1. The predicted molar refractivity (Wildman–Crippen MR) is 60.0 cm³/mol. The molecule has 0 bridgehead atoms. The molecule has 0 unspecified atom stereocenters. The molecule has 5 heteroatoms. The Kier molecular flexibility index (Phi) is 2.78. The van der Waals surface area contributed by atoms with E-state index in [-0.39, 0.29) is 5.82 Å². The summed E-state index contributed by atoms with van der Waals surface area (Å²) in [7, 11) is 0. The number of rotatable bonds is 2. The summed E-state index contributed by atoms with van der Waals surface area (Å²) in [6.45, 7) is 1.70. The predicted octanol–water partition coefficient (Wildman–Crippen LogP) is 1.88. The summed E-state index contributed by atoms with van der Waals surface area (Å²) in [5, 5.41) is 0. The highest BCUT2D eigenvalue weighted by molar-refractivity contribution is 5.57. The van der Waals surface area contributed by atoms with E-state index in [1.54, 1.807) is 31.3 Å². The molecule has 0 atom stereocenters. The minimum absolute atomic E-state index is 0.239. The number of aryl methyl sites for hydroxylation is 1. The van der Waals surface area contributed by atoms with Crippen molar-refractivity contribution in [1.82, 2.24) is 9.97 Å². The summed E-state index contributed by atoms with van der Waals surface area (Å²) in [6, 6.07) is 6.39. The SMILES string of the molecule is Cc1cc(-c2nccc(NN)n2)ccc1F. The number of aromatic nitrogens is 2. The van der Waals surface area contributed by atoms with Crippen LogP contribution in [0.3, 0.4) is 0 Å². The van der Waals surface area contributed by atoms with Gasteiger partial charge in [-0.3, -0.25) is 0 Å². The third kappa shape index (κ3) is 1.99. The first kappa shape index (κ1) is 10.5. The number of nitrogens with one attached hydrogen (secondary N) is 1. The lowest BCUT2D eigenvalue weighted by Crippen LogP contribution is -2.09. The van der Waals surface area contributed by atoms with Gasteiger partial charge in [0.05, 0.1) is 0 Å². The maximum Gasteiger partial charge on any atom is 0.161 e. The van der Waals surface area contributed by atoms with Crippen molar-refractivity contribution >= 4 is 5.82 Å². The van der Waals surface area contributed by atoms with Crippen LogP contribution in [0.25, 0.3) is 11.4 Å². The Hall–Kier alpha value is -2.01. The fourth-order valence-electron chi connectivity index (χ4n) is 1.36. The highest BCUT2D eigenvalue weighted by atomic mass is 19.1. The Balaban J connectivity index is 2.46. The number of nitrogens with zero attached hydrogens (tertiary/aromatic N) is 2. The molecule has 0 saturated carbocycles. The smallest absolute Gasteiger partial charge is 0.161 e. The molecule has 4 nitrogen and oxygen atoms in total. The van der Waals surface area contributed by atoms with Gasteiger partial charge >= 0.3 is 0 Å². The van der Waals surface area contributed by atoms with Crippen molar-refractivity contribution < 1.29 is 4.39 Å². The average molecular weight is 218 g/mol. The molecule has 82 valence electrons. The van der Waals surface area contributed by atoms with Crippen LogP contribution in [0.4, 0.5) is 10.2 Å². The first-order valence-corrected chi connectivity index (χ1v) is 4.77. The van der Waals surface area contributed by atoms with E-state index in [0.717, 1.165) is 5.56 Å². The summed E-state index contributed by atoms with van der Waals surface area (Å²) in [6.07, 6.45) is 1.59. The van der Waals surface area contributed by atoms with Crippen LogP contribution in [-0.4, -0.2) is 9.97 Å². The number of hydrazine groups is 1. The second kappa shape index (κ2) is 4.24. The molecule has 2 rings (SSSR count). The van der Waals surface area contributed by atoms with Gasteiger partial charge in [0.25, 0.3) is 0 Å². The summed E-state index contributed by atoms with van der Waals surface area (Å²) >= 11 is 0. The van der Waals surface area contributed by atoms with Crippen LogP contribution in [0, 0.1) is 12.7 Å². The number of nitrogen functional groups attached to an aromatic ring is 1. The molecule has 0 saturated heterocycles. The van der Waals surface area contributed by atoms with Gasteiger partial charge in [-0.1, -0.05) is 0 Å². The second-order valence-electron chi connectivity index (χ2n) is 3.37. The molecular formula is C11H11FN4. The fraction of sp³-hybridized carbons (Fsp3) is 0.0909. The zero-order chi connectivity index (χ0) is 11.5. The largest absolute Gasteiger partial charge is 0.308 e. The lowest BCUT2D eigenvalue weighted by Gasteiger charge is -2.04. The molecule has 0 aliphatic rings. The van der Waals surface area contributed by atoms with Gasteiger partial charge in [-0.05, 0) is 30.7 Å². The maximum atomic E-state index is 13.1. The zero-order valence-electron chi connectivity index (χ0n) is 8.74. The normalized spacial score (nSPS) is 10.2. The molecule has 1 aromatic carbocycles. The number of halogens is 1. The van der Waals surface area contributed by atoms with Crippen LogP contribution < -0.4 is 11.3 Å². The lowest BCUT2D eigenvalue weighted by molar-refractivity contribution is 0.618. The number of hydrogen-bond donors (Lipinski definition) is 2. The molecule has 3 N–H and O–H groups in total. The van der Waals surface area contributed by atoms with E-state index < -0.39 is 0 Å². The molecular weight excluding hydrogens is 207 g/mol. The fourth-order valence-corrected chi connectivity index (χ4v) is 1.36. The summed E-state index contributed by atoms with van der Waals surface area (Å²) in [4.78, 5) is 8.26. The van der Waals surface area contributed by atoms with Gasteiger partial charge in [0, 0.05) is 17.8 Å². The molecule has 16 heavy (non-hydrogen) atoms. The lowest BCUT2D eigenvalue weighted by atomic mass is 10.1. The van der Waals surface area contributed by atoms with E-state index in [4.69, 9.17) is 5.84 Å². The van der Waals surface area contributed by atoms with Crippen molar-refractivity contribution in [2.45, 2.75) is 6.92 Å². The Labute approximate surface area is 92.3 Å². The van der Waals surface area contributed by atoms with Crippen molar-refractivity contribution in [1.29, 1.82) is 0 Å². The van der Waals surface area contributed by atoms with Crippen LogP contribution in [-0.2, 0) is 0 Å². The molecule has 0 aliphatic carbocycles. The van der Waals surface area contributed by atoms with E-state index in [0.29, 0.717) is 17.2 Å². The van der Waals surface area contributed by atoms with E-state index in [1.165, 1.54) is 6.07 Å². The summed E-state index contributed by atoms with van der Waals surface area (Å²) in [5.74, 6) is 6.04. The topological polar surface area (TPSA) is 63.8 Å². The van der Waals surface area contributed by atoms with Gasteiger partial charge in [0.2, 0.25) is 0 Å². The van der Waals surface area contributed by atoms with Gasteiger partial charge in [0.15, 0.2) is 5.82 Å². The van der Waals surface area contributed by atoms with Crippen molar-refractivity contribution in [3.8, 4) is 11.4 Å². The van der Waals surface area contributed by atoms with Crippen molar-refractivity contribution in [3.05, 3.63) is 41.8 Å². The van der Waals surface area contributed by atoms with Crippen LogP contribution in [0.2, 0.25) is 0 Å². The van der Waals surface area contributed by atoms with Gasteiger partial charge in [-0.2, -0.15) is 0 Å². The van der Waals surface area contributed by atoms with Gasteiger partial charge in [-0.15, -0.1) is 0 Å². The monoisotopic (exact) mass is 218 g/mol. The van der Waals surface area contributed by atoms with Crippen LogP contribution in [0.15, 0.2) is 30.5 Å². The van der Waals surface area contributed by atoms with Crippen LogP contribution in [0.5, 0.6) is 0 Å². The molecule has 1 heterocycles. The van der Waals surface area contributed by atoms with E-state index in [9.17, 15) is 4.39 Å². The van der Waals surface area contributed by atoms with E-state index >= 15 is 0 Å². The molecule has 0 amide bonds. The summed E-state index contributed by atoms with van der Waals surface area (Å²) in [5.41, 5.74) is 3.76. The van der Waals surface area contributed by atoms with Gasteiger partial charge < -0.3 is 5.43 Å². The third-order valence-corrected chi connectivity index (χ3v) is 2.22. The van der Waals surface area contributed by atoms with Crippen molar-refractivity contribution in [2.75, 3.05) is 5.43 Å². The van der Waals surface area contributed by atoms with E-state index in [1.807, 2.05) is 0 Å².